The second-order valence-corrected chi connectivity index (χ2v) is 7.43. The van der Waals surface area contributed by atoms with Crippen LogP contribution in [0.2, 0.25) is 0 Å². The predicted molar refractivity (Wildman–Crippen MR) is 121 cm³/mol. The summed E-state index contributed by atoms with van der Waals surface area (Å²) in [5.74, 6) is 1.95. The molecule has 0 saturated carbocycles. The van der Waals surface area contributed by atoms with E-state index in [1.807, 2.05) is 6.92 Å². The van der Waals surface area contributed by atoms with E-state index >= 15 is 0 Å². The van der Waals surface area contributed by atoms with E-state index in [2.05, 4.69) is 0 Å². The highest BCUT2D eigenvalue weighted by Crippen LogP contribution is 2.41. The molecule has 3 aromatic rings. The van der Waals surface area contributed by atoms with Crippen molar-refractivity contribution in [2.24, 2.45) is 0 Å². The van der Waals surface area contributed by atoms with Crippen LogP contribution in [0.25, 0.3) is 6.08 Å². The highest BCUT2D eigenvalue weighted by atomic mass is 19.1. The van der Waals surface area contributed by atoms with E-state index in [-0.39, 0.29) is 24.0 Å². The van der Waals surface area contributed by atoms with Crippen LogP contribution in [0.15, 0.2) is 54.3 Å². The van der Waals surface area contributed by atoms with Crippen molar-refractivity contribution in [1.29, 1.82) is 0 Å². The van der Waals surface area contributed by atoms with Gasteiger partial charge in [0.05, 0.1) is 26.9 Å². The zero-order valence-electron chi connectivity index (χ0n) is 18.7. The summed E-state index contributed by atoms with van der Waals surface area (Å²) in [4.78, 5) is 13.0. The Morgan fingerprint density at radius 3 is 2.33 bits per heavy atom. The van der Waals surface area contributed by atoms with E-state index < -0.39 is 0 Å². The second-order valence-electron chi connectivity index (χ2n) is 7.43. The minimum Gasteiger partial charge on any atom is -0.493 e. The van der Waals surface area contributed by atoms with Crippen LogP contribution in [0.3, 0.4) is 0 Å². The highest BCUT2D eigenvalue weighted by molar-refractivity contribution is 6.15. The number of carbonyl (C=O) groups excluding carboxylic acids is 1. The van der Waals surface area contributed by atoms with Crippen LogP contribution in [0.4, 0.5) is 4.39 Å². The molecule has 7 heteroatoms. The molecule has 0 aromatic heterocycles. The predicted octanol–water partition coefficient (Wildman–Crippen LogP) is 5.36. The van der Waals surface area contributed by atoms with Crippen molar-refractivity contribution in [2.75, 3.05) is 21.3 Å². The van der Waals surface area contributed by atoms with Crippen LogP contribution in [0.1, 0.15) is 27.0 Å². The maximum Gasteiger partial charge on any atom is 0.232 e. The molecule has 0 N–H and O–H groups in total. The van der Waals surface area contributed by atoms with Gasteiger partial charge in [0, 0.05) is 6.07 Å². The Kier molecular flexibility index (Phi) is 6.22. The molecule has 0 fully saturated rings. The molecule has 0 radical (unpaired) electrons. The average Bonchev–Trinajstić information content (AvgIpc) is 3.12. The molecule has 0 bridgehead atoms. The van der Waals surface area contributed by atoms with E-state index in [4.69, 9.17) is 23.7 Å². The molecule has 6 nitrogen and oxygen atoms in total. The van der Waals surface area contributed by atoms with Gasteiger partial charge in [-0.1, -0.05) is 12.1 Å². The molecular formula is C26H23FO6. The second kappa shape index (κ2) is 9.24. The summed E-state index contributed by atoms with van der Waals surface area (Å²) in [5.41, 5.74) is 2.56. The third-order valence-corrected chi connectivity index (χ3v) is 5.22. The van der Waals surface area contributed by atoms with E-state index in [9.17, 15) is 9.18 Å². The van der Waals surface area contributed by atoms with Crippen LogP contribution in [0.5, 0.6) is 28.7 Å². The lowest BCUT2D eigenvalue weighted by Crippen LogP contribution is -2.01. The standard InChI is InChI=1S/C26H23FO6/c1-15-8-19(32-14-16-6-5-7-18(27)9-16)13-20-24(15)25(28)21(33-20)10-17-11-22(29-2)26(31-4)23(12-17)30-3/h5-13H,14H2,1-4H3/b21-10-. The van der Waals surface area contributed by atoms with Crippen molar-refractivity contribution in [1.82, 2.24) is 0 Å². The number of allylic oxidation sites excluding steroid dienone is 1. The van der Waals surface area contributed by atoms with Crippen LogP contribution in [-0.2, 0) is 6.61 Å². The Morgan fingerprint density at radius 1 is 0.970 bits per heavy atom. The fraction of sp³-hybridized carbons (Fsp3) is 0.192. The largest absolute Gasteiger partial charge is 0.493 e. The molecule has 0 amide bonds. The van der Waals surface area contributed by atoms with Gasteiger partial charge in [0.25, 0.3) is 0 Å². The first-order valence-corrected chi connectivity index (χ1v) is 10.2. The van der Waals surface area contributed by atoms with Gasteiger partial charge in [0.15, 0.2) is 17.3 Å². The van der Waals surface area contributed by atoms with Gasteiger partial charge in [-0.15, -0.1) is 0 Å². The van der Waals surface area contributed by atoms with Crippen molar-refractivity contribution < 1.29 is 32.9 Å². The third-order valence-electron chi connectivity index (χ3n) is 5.22. The van der Waals surface area contributed by atoms with Gasteiger partial charge >= 0.3 is 0 Å². The number of ether oxygens (including phenoxy) is 5. The topological polar surface area (TPSA) is 63.2 Å². The summed E-state index contributed by atoms with van der Waals surface area (Å²) in [7, 11) is 4.57. The number of hydrogen-bond acceptors (Lipinski definition) is 6. The number of rotatable bonds is 7. The minimum absolute atomic E-state index is 0.171. The molecule has 1 heterocycles. The van der Waals surface area contributed by atoms with Crippen molar-refractivity contribution in [3.05, 3.63) is 82.4 Å². The molecule has 0 spiro atoms. The molecular weight excluding hydrogens is 427 g/mol. The van der Waals surface area contributed by atoms with Gasteiger partial charge in [-0.25, -0.2) is 4.39 Å². The number of fused-ring (bicyclic) bond motifs is 1. The minimum atomic E-state index is -0.322. The zero-order chi connectivity index (χ0) is 23.5. The Hall–Kier alpha value is -4.00. The Bertz CT molecular complexity index is 1220. The maximum absolute atomic E-state index is 13.4. The molecule has 3 aromatic carbocycles. The Morgan fingerprint density at radius 2 is 1.70 bits per heavy atom. The molecule has 0 saturated heterocycles. The summed E-state index contributed by atoms with van der Waals surface area (Å²) in [6.45, 7) is 2.01. The molecule has 1 aliphatic heterocycles. The quantitative estimate of drug-likeness (QED) is 0.452. The number of hydrogen-bond donors (Lipinski definition) is 0. The molecule has 1 aliphatic rings. The number of methoxy groups -OCH3 is 3. The van der Waals surface area contributed by atoms with Crippen molar-refractivity contribution >= 4 is 11.9 Å². The normalized spacial score (nSPS) is 13.5. The van der Waals surface area contributed by atoms with Crippen molar-refractivity contribution in [2.45, 2.75) is 13.5 Å². The maximum atomic E-state index is 13.4. The smallest absolute Gasteiger partial charge is 0.232 e. The van der Waals surface area contributed by atoms with Crippen LogP contribution in [-0.4, -0.2) is 27.1 Å². The number of halogens is 1. The van der Waals surface area contributed by atoms with E-state index in [1.54, 1.807) is 42.5 Å². The summed E-state index contributed by atoms with van der Waals surface area (Å²) < 4.78 is 41.2. The summed E-state index contributed by atoms with van der Waals surface area (Å²) in [6, 6.07) is 13.1. The van der Waals surface area contributed by atoms with E-state index in [0.29, 0.717) is 45.4 Å². The van der Waals surface area contributed by atoms with Crippen molar-refractivity contribution in [3.8, 4) is 28.7 Å². The van der Waals surface area contributed by atoms with Gasteiger partial charge in [-0.2, -0.15) is 0 Å². The lowest BCUT2D eigenvalue weighted by Gasteiger charge is -2.13. The Labute approximate surface area is 191 Å². The lowest BCUT2D eigenvalue weighted by molar-refractivity contribution is 0.101. The molecule has 4 rings (SSSR count). The number of aryl methyl sites for hydroxylation is 1. The lowest BCUT2D eigenvalue weighted by atomic mass is 10.0. The van der Waals surface area contributed by atoms with Gasteiger partial charge in [0.2, 0.25) is 11.5 Å². The third kappa shape index (κ3) is 4.48. The summed E-state index contributed by atoms with van der Waals surface area (Å²) in [5, 5.41) is 0. The van der Waals surface area contributed by atoms with Crippen LogP contribution < -0.4 is 23.7 Å². The molecule has 33 heavy (non-hydrogen) atoms. The number of benzene rings is 3. The van der Waals surface area contributed by atoms with Gasteiger partial charge in [-0.3, -0.25) is 4.79 Å². The molecule has 0 atom stereocenters. The van der Waals surface area contributed by atoms with Crippen molar-refractivity contribution in [3.63, 3.8) is 0 Å². The van der Waals surface area contributed by atoms with E-state index in [0.717, 1.165) is 5.56 Å². The first-order valence-electron chi connectivity index (χ1n) is 10.2. The van der Waals surface area contributed by atoms with Gasteiger partial charge in [0.1, 0.15) is 23.9 Å². The van der Waals surface area contributed by atoms with Gasteiger partial charge < -0.3 is 23.7 Å². The number of ketones is 1. The number of Topliss-reactive ketones (excluding diaryl/α,β-unsaturated/α-hetero) is 1. The highest BCUT2D eigenvalue weighted by Gasteiger charge is 2.30. The molecule has 0 aliphatic carbocycles. The van der Waals surface area contributed by atoms with E-state index in [1.165, 1.54) is 33.5 Å². The van der Waals surface area contributed by atoms with Crippen LogP contribution >= 0.6 is 0 Å². The fourth-order valence-corrected chi connectivity index (χ4v) is 3.69. The first kappa shape index (κ1) is 22.2. The molecule has 0 unspecified atom stereocenters. The average molecular weight is 450 g/mol. The van der Waals surface area contributed by atoms with Gasteiger partial charge in [-0.05, 0) is 60.0 Å². The summed E-state index contributed by atoms with van der Waals surface area (Å²) >= 11 is 0. The zero-order valence-corrected chi connectivity index (χ0v) is 18.7. The molecule has 170 valence electrons. The van der Waals surface area contributed by atoms with Crippen LogP contribution in [0, 0.1) is 12.7 Å². The summed E-state index contributed by atoms with van der Waals surface area (Å²) in [6.07, 6.45) is 1.62. The Balaban J connectivity index is 1.61. The fourth-order valence-electron chi connectivity index (χ4n) is 3.69. The number of carbonyl (C=O) groups is 1. The first-order chi connectivity index (χ1) is 15.9. The SMILES string of the molecule is COc1cc(/C=C2\Oc3cc(OCc4cccc(F)c4)cc(C)c3C2=O)cc(OC)c1OC. The monoisotopic (exact) mass is 450 g/mol.